The number of methoxy groups -OCH3 is 1. The molecule has 0 aliphatic carbocycles. The Bertz CT molecular complexity index is 808. The molecule has 0 saturated carbocycles. The topological polar surface area (TPSA) is 84.5 Å². The number of carbonyl (C=O) groups excluding carboxylic acids is 3. The highest BCUT2D eigenvalue weighted by atomic mass is 79.9. The Morgan fingerprint density at radius 2 is 1.42 bits per heavy atom. The normalized spacial score (nSPS) is 10.1. The summed E-state index contributed by atoms with van der Waals surface area (Å²) in [6.07, 6.45) is 0.585. The fourth-order valence-electron chi connectivity index (χ4n) is 2.23. The first kappa shape index (κ1) is 19.7. The first-order chi connectivity index (χ1) is 12.5. The van der Waals surface area contributed by atoms with E-state index in [4.69, 9.17) is 0 Å². The van der Waals surface area contributed by atoms with Crippen LogP contribution in [0.15, 0.2) is 53.0 Å². The minimum Gasteiger partial charge on any atom is -0.465 e. The number of halogens is 1. The van der Waals surface area contributed by atoms with Gasteiger partial charge in [-0.15, -0.1) is 0 Å². The second-order valence-electron chi connectivity index (χ2n) is 5.45. The Morgan fingerprint density at radius 1 is 0.885 bits per heavy atom. The van der Waals surface area contributed by atoms with Crippen molar-refractivity contribution >= 4 is 33.7 Å². The average molecular weight is 419 g/mol. The third-order valence-corrected chi connectivity index (χ3v) is 4.05. The van der Waals surface area contributed by atoms with Crippen molar-refractivity contribution in [2.75, 3.05) is 20.2 Å². The minimum atomic E-state index is -0.491. The summed E-state index contributed by atoms with van der Waals surface area (Å²) in [7, 11) is 1.29. The fourth-order valence-corrected chi connectivity index (χ4v) is 2.63. The number of amides is 2. The molecule has 2 rings (SSSR count). The lowest BCUT2D eigenvalue weighted by Crippen LogP contribution is -2.30. The zero-order chi connectivity index (χ0) is 18.9. The van der Waals surface area contributed by atoms with Crippen LogP contribution in [-0.4, -0.2) is 38.0 Å². The van der Waals surface area contributed by atoms with Crippen molar-refractivity contribution in [3.8, 4) is 0 Å². The van der Waals surface area contributed by atoms with Crippen LogP contribution in [0.1, 0.15) is 37.5 Å². The van der Waals surface area contributed by atoms with Crippen LogP contribution in [0.5, 0.6) is 0 Å². The molecule has 136 valence electrons. The molecule has 2 N–H and O–H groups in total. The number of carbonyl (C=O) groups is 3. The molecule has 0 saturated heterocycles. The van der Waals surface area contributed by atoms with Gasteiger partial charge in [0.15, 0.2) is 0 Å². The molecule has 2 aromatic carbocycles. The van der Waals surface area contributed by atoms with Gasteiger partial charge in [-0.1, -0.05) is 28.1 Å². The average Bonchev–Trinajstić information content (AvgIpc) is 2.66. The van der Waals surface area contributed by atoms with Gasteiger partial charge in [-0.05, 0) is 42.8 Å². The number of esters is 1. The van der Waals surface area contributed by atoms with Crippen LogP contribution in [0, 0.1) is 0 Å². The minimum absolute atomic E-state index is 0.164. The lowest BCUT2D eigenvalue weighted by Gasteiger charge is -2.08. The van der Waals surface area contributed by atoms with Gasteiger partial charge in [0.2, 0.25) is 0 Å². The predicted molar refractivity (Wildman–Crippen MR) is 101 cm³/mol. The van der Waals surface area contributed by atoms with E-state index in [1.807, 2.05) is 6.07 Å². The van der Waals surface area contributed by atoms with Crippen molar-refractivity contribution in [3.05, 3.63) is 69.7 Å². The van der Waals surface area contributed by atoms with E-state index < -0.39 is 5.97 Å². The standard InChI is InChI=1S/C19H19BrN2O4/c1-26-19(25)15-7-2-5-13(11-15)17(23)21-9-4-10-22-18(24)14-6-3-8-16(20)12-14/h2-3,5-8,11-12H,4,9-10H2,1H3,(H,21,23)(H,22,24). The molecule has 2 aromatic rings. The summed E-state index contributed by atoms with van der Waals surface area (Å²) in [5.41, 5.74) is 1.27. The lowest BCUT2D eigenvalue weighted by atomic mass is 10.1. The van der Waals surface area contributed by atoms with E-state index in [1.165, 1.54) is 13.2 Å². The smallest absolute Gasteiger partial charge is 0.337 e. The highest BCUT2D eigenvalue weighted by Gasteiger charge is 2.10. The van der Waals surface area contributed by atoms with Gasteiger partial charge in [-0.2, -0.15) is 0 Å². The molecule has 0 aromatic heterocycles. The molecule has 6 nitrogen and oxygen atoms in total. The van der Waals surface area contributed by atoms with Crippen molar-refractivity contribution in [2.24, 2.45) is 0 Å². The van der Waals surface area contributed by atoms with Gasteiger partial charge < -0.3 is 15.4 Å². The Hall–Kier alpha value is -2.67. The number of rotatable bonds is 7. The van der Waals surface area contributed by atoms with Crippen molar-refractivity contribution < 1.29 is 19.1 Å². The Kier molecular flexibility index (Phi) is 7.35. The summed E-state index contributed by atoms with van der Waals surface area (Å²) in [5, 5.41) is 5.55. The molecule has 0 unspecified atom stereocenters. The van der Waals surface area contributed by atoms with Crippen molar-refractivity contribution in [1.29, 1.82) is 0 Å². The Labute approximate surface area is 160 Å². The monoisotopic (exact) mass is 418 g/mol. The highest BCUT2D eigenvalue weighted by Crippen LogP contribution is 2.11. The van der Waals surface area contributed by atoms with Gasteiger partial charge in [-0.3, -0.25) is 9.59 Å². The number of nitrogens with one attached hydrogen (secondary N) is 2. The first-order valence-electron chi connectivity index (χ1n) is 8.01. The highest BCUT2D eigenvalue weighted by molar-refractivity contribution is 9.10. The van der Waals surface area contributed by atoms with Gasteiger partial charge in [0.25, 0.3) is 11.8 Å². The third kappa shape index (κ3) is 5.70. The maximum absolute atomic E-state index is 12.1. The van der Waals surface area contributed by atoms with Gasteiger partial charge in [0, 0.05) is 28.7 Å². The lowest BCUT2D eigenvalue weighted by molar-refractivity contribution is 0.0600. The molecule has 0 bridgehead atoms. The van der Waals surface area contributed by atoms with Crippen LogP contribution in [0.25, 0.3) is 0 Å². The van der Waals surface area contributed by atoms with E-state index in [9.17, 15) is 14.4 Å². The summed E-state index contributed by atoms with van der Waals surface area (Å²) >= 11 is 3.32. The second-order valence-corrected chi connectivity index (χ2v) is 6.36. The quantitative estimate of drug-likeness (QED) is 0.534. The maximum atomic E-state index is 12.1. The summed E-state index contributed by atoms with van der Waals surface area (Å²) in [5.74, 6) is -0.938. The molecule has 0 aliphatic heterocycles. The van der Waals surface area contributed by atoms with Crippen LogP contribution in [-0.2, 0) is 4.74 Å². The Balaban J connectivity index is 1.75. The number of benzene rings is 2. The van der Waals surface area contributed by atoms with E-state index in [0.29, 0.717) is 36.2 Å². The third-order valence-electron chi connectivity index (χ3n) is 3.56. The molecule has 0 atom stereocenters. The summed E-state index contributed by atoms with van der Waals surface area (Å²) in [4.78, 5) is 35.6. The van der Waals surface area contributed by atoms with Gasteiger partial charge >= 0.3 is 5.97 Å². The van der Waals surface area contributed by atoms with E-state index in [0.717, 1.165) is 4.47 Å². The molecule has 26 heavy (non-hydrogen) atoms. The zero-order valence-electron chi connectivity index (χ0n) is 14.3. The van der Waals surface area contributed by atoms with Crippen molar-refractivity contribution in [2.45, 2.75) is 6.42 Å². The van der Waals surface area contributed by atoms with Gasteiger partial charge in [0.05, 0.1) is 12.7 Å². The van der Waals surface area contributed by atoms with Crippen LogP contribution < -0.4 is 10.6 Å². The van der Waals surface area contributed by atoms with Crippen molar-refractivity contribution in [3.63, 3.8) is 0 Å². The second kappa shape index (κ2) is 9.72. The number of ether oxygens (including phenoxy) is 1. The maximum Gasteiger partial charge on any atom is 0.337 e. The van der Waals surface area contributed by atoms with E-state index in [1.54, 1.807) is 36.4 Å². The summed E-state index contributed by atoms with van der Waals surface area (Å²) in [6, 6.07) is 13.4. The van der Waals surface area contributed by atoms with Crippen LogP contribution >= 0.6 is 15.9 Å². The SMILES string of the molecule is COC(=O)c1cccc(C(=O)NCCCNC(=O)c2cccc(Br)c2)c1. The largest absolute Gasteiger partial charge is 0.465 e. The van der Waals surface area contributed by atoms with Crippen LogP contribution in [0.2, 0.25) is 0 Å². The molecule has 0 aliphatic rings. The van der Waals surface area contributed by atoms with Gasteiger partial charge in [-0.25, -0.2) is 4.79 Å². The van der Waals surface area contributed by atoms with E-state index in [-0.39, 0.29) is 11.8 Å². The molecule has 2 amide bonds. The summed E-state index contributed by atoms with van der Waals surface area (Å²) in [6.45, 7) is 0.841. The molecule has 0 fully saturated rings. The van der Waals surface area contributed by atoms with Gasteiger partial charge in [0.1, 0.15) is 0 Å². The molecule has 0 radical (unpaired) electrons. The fraction of sp³-hybridized carbons (Fsp3) is 0.211. The molecular formula is C19H19BrN2O4. The molecule has 7 heteroatoms. The predicted octanol–water partition coefficient (Wildman–Crippen LogP) is 2.79. The molecule has 0 spiro atoms. The molecule has 0 heterocycles. The zero-order valence-corrected chi connectivity index (χ0v) is 15.8. The molecular weight excluding hydrogens is 400 g/mol. The van der Waals surface area contributed by atoms with Crippen LogP contribution in [0.3, 0.4) is 0 Å². The summed E-state index contributed by atoms with van der Waals surface area (Å²) < 4.78 is 5.48. The van der Waals surface area contributed by atoms with Crippen LogP contribution in [0.4, 0.5) is 0 Å². The Morgan fingerprint density at radius 3 is 2.00 bits per heavy atom. The number of hydrogen-bond donors (Lipinski definition) is 2. The van der Waals surface area contributed by atoms with E-state index >= 15 is 0 Å². The van der Waals surface area contributed by atoms with E-state index in [2.05, 4.69) is 31.3 Å². The number of hydrogen-bond acceptors (Lipinski definition) is 4. The first-order valence-corrected chi connectivity index (χ1v) is 8.81. The van der Waals surface area contributed by atoms with Crippen molar-refractivity contribution in [1.82, 2.24) is 10.6 Å².